The van der Waals surface area contributed by atoms with Crippen molar-refractivity contribution in [1.29, 1.82) is 0 Å². The van der Waals surface area contributed by atoms with Crippen molar-refractivity contribution in [2.24, 2.45) is 0 Å². The molecule has 1 heterocycles. The van der Waals surface area contributed by atoms with Crippen molar-refractivity contribution < 1.29 is 13.9 Å². The van der Waals surface area contributed by atoms with Crippen molar-refractivity contribution >= 4 is 5.91 Å². The summed E-state index contributed by atoms with van der Waals surface area (Å²) in [6.45, 7) is 1.77. The average Bonchev–Trinajstić information content (AvgIpc) is 2.98. The third-order valence-electron chi connectivity index (χ3n) is 3.79. The molecule has 21 heavy (non-hydrogen) atoms. The second-order valence-corrected chi connectivity index (χ2v) is 5.33. The third-order valence-corrected chi connectivity index (χ3v) is 3.79. The number of ether oxygens (including phenoxy) is 1. The van der Waals surface area contributed by atoms with Gasteiger partial charge in [-0.3, -0.25) is 4.79 Å². The van der Waals surface area contributed by atoms with E-state index in [2.05, 4.69) is 5.32 Å². The van der Waals surface area contributed by atoms with E-state index in [1.54, 1.807) is 13.2 Å². The number of amides is 1. The molecule has 1 aliphatic carbocycles. The lowest BCUT2D eigenvalue weighted by Gasteiger charge is -2.24. The van der Waals surface area contributed by atoms with Gasteiger partial charge in [-0.2, -0.15) is 0 Å². The van der Waals surface area contributed by atoms with Gasteiger partial charge in [-0.05, 0) is 38.0 Å². The molecule has 0 spiro atoms. The van der Waals surface area contributed by atoms with Crippen LogP contribution < -0.4 is 10.1 Å². The third kappa shape index (κ3) is 3.10. The van der Waals surface area contributed by atoms with Crippen LogP contribution in [0.15, 0.2) is 47.1 Å². The van der Waals surface area contributed by atoms with Crippen LogP contribution in [-0.2, 0) is 11.2 Å². The molecule has 0 bridgehead atoms. The molecule has 0 saturated carbocycles. The summed E-state index contributed by atoms with van der Waals surface area (Å²) < 4.78 is 11.1. The predicted molar refractivity (Wildman–Crippen MR) is 79.1 cm³/mol. The van der Waals surface area contributed by atoms with E-state index in [1.165, 1.54) is 0 Å². The van der Waals surface area contributed by atoms with E-state index in [4.69, 9.17) is 9.15 Å². The molecule has 1 aromatic heterocycles. The summed E-state index contributed by atoms with van der Waals surface area (Å²) in [6.07, 6.45) is 4.09. The van der Waals surface area contributed by atoms with Gasteiger partial charge in [-0.25, -0.2) is 0 Å². The van der Waals surface area contributed by atoms with Crippen molar-refractivity contribution in [2.45, 2.75) is 38.3 Å². The van der Waals surface area contributed by atoms with Crippen molar-refractivity contribution in [3.05, 3.63) is 54.0 Å². The van der Waals surface area contributed by atoms with Gasteiger partial charge in [-0.1, -0.05) is 18.2 Å². The van der Waals surface area contributed by atoms with E-state index in [0.717, 1.165) is 30.6 Å². The number of benzene rings is 1. The van der Waals surface area contributed by atoms with Gasteiger partial charge < -0.3 is 14.5 Å². The van der Waals surface area contributed by atoms with Crippen molar-refractivity contribution in [1.82, 2.24) is 5.32 Å². The Hall–Kier alpha value is -2.23. The van der Waals surface area contributed by atoms with Crippen LogP contribution in [0.4, 0.5) is 0 Å². The molecule has 4 nitrogen and oxygen atoms in total. The van der Waals surface area contributed by atoms with Crippen LogP contribution >= 0.6 is 0 Å². The number of para-hydroxylation sites is 1. The van der Waals surface area contributed by atoms with E-state index in [0.29, 0.717) is 5.75 Å². The molecule has 1 N–H and O–H groups in total. The molecule has 2 atom stereocenters. The van der Waals surface area contributed by atoms with Crippen LogP contribution in [0.1, 0.15) is 37.1 Å². The Kier molecular flexibility index (Phi) is 3.95. The minimum absolute atomic E-state index is 0.0295. The predicted octanol–water partition coefficient (Wildman–Crippen LogP) is 3.24. The summed E-state index contributed by atoms with van der Waals surface area (Å²) in [5.41, 5.74) is 1.10. The average molecular weight is 285 g/mol. The lowest BCUT2D eigenvalue weighted by Crippen LogP contribution is -2.39. The topological polar surface area (TPSA) is 51.5 Å². The normalized spacial score (nSPS) is 18.6. The lowest BCUT2D eigenvalue weighted by molar-refractivity contribution is -0.128. The zero-order valence-electron chi connectivity index (χ0n) is 12.0. The highest BCUT2D eigenvalue weighted by Crippen LogP contribution is 2.30. The first-order valence-corrected chi connectivity index (χ1v) is 7.32. The smallest absolute Gasteiger partial charge is 0.261 e. The van der Waals surface area contributed by atoms with Crippen molar-refractivity contribution in [3.63, 3.8) is 0 Å². The van der Waals surface area contributed by atoms with Gasteiger partial charge in [0.25, 0.3) is 5.91 Å². The first kappa shape index (κ1) is 13.7. The highest BCUT2D eigenvalue weighted by Gasteiger charge is 2.26. The lowest BCUT2D eigenvalue weighted by atomic mass is 9.93. The van der Waals surface area contributed by atoms with Crippen molar-refractivity contribution in [3.8, 4) is 5.75 Å². The van der Waals surface area contributed by atoms with Gasteiger partial charge in [0.1, 0.15) is 11.5 Å². The molecule has 0 fully saturated rings. The highest BCUT2D eigenvalue weighted by atomic mass is 16.5. The Morgan fingerprint density at radius 3 is 2.95 bits per heavy atom. The molecule has 1 aromatic carbocycles. The summed E-state index contributed by atoms with van der Waals surface area (Å²) in [4.78, 5) is 12.3. The standard InChI is InChI=1S/C17H19NO3/c1-12(21-13-6-3-2-4-7-13)17(19)18-15-8-5-9-16-14(15)10-11-20-16/h2-4,6-7,10-12,15H,5,8-9H2,1H3,(H,18,19). The molecule has 2 aromatic rings. The van der Waals surface area contributed by atoms with Gasteiger partial charge in [-0.15, -0.1) is 0 Å². The number of hydrogen-bond donors (Lipinski definition) is 1. The Bertz CT molecular complexity index is 606. The fourth-order valence-corrected chi connectivity index (χ4v) is 2.68. The summed E-state index contributed by atoms with van der Waals surface area (Å²) in [6, 6.07) is 11.4. The quantitative estimate of drug-likeness (QED) is 0.938. The molecule has 110 valence electrons. The fraction of sp³-hybridized carbons (Fsp3) is 0.353. The molecule has 1 amide bonds. The minimum Gasteiger partial charge on any atom is -0.481 e. The highest BCUT2D eigenvalue weighted by molar-refractivity contribution is 5.81. The molecule has 2 unspecified atom stereocenters. The number of aryl methyl sites for hydroxylation is 1. The van der Waals surface area contributed by atoms with Crippen LogP contribution in [0.25, 0.3) is 0 Å². The first-order valence-electron chi connectivity index (χ1n) is 7.32. The summed E-state index contributed by atoms with van der Waals surface area (Å²) in [5.74, 6) is 1.59. The van der Waals surface area contributed by atoms with Gasteiger partial charge in [0, 0.05) is 12.0 Å². The number of rotatable bonds is 4. The molecule has 0 saturated heterocycles. The van der Waals surface area contributed by atoms with Gasteiger partial charge in [0.2, 0.25) is 0 Å². The van der Waals surface area contributed by atoms with Crippen LogP contribution in [0.5, 0.6) is 5.75 Å². The number of nitrogens with one attached hydrogen (secondary N) is 1. The Morgan fingerprint density at radius 2 is 2.14 bits per heavy atom. The minimum atomic E-state index is -0.523. The van der Waals surface area contributed by atoms with Crippen molar-refractivity contribution in [2.75, 3.05) is 0 Å². The van der Waals surface area contributed by atoms with Crippen LogP contribution in [-0.4, -0.2) is 12.0 Å². The SMILES string of the molecule is CC(Oc1ccccc1)C(=O)NC1CCCc2occc21. The molecule has 0 radical (unpaired) electrons. The Balaban J connectivity index is 1.62. The van der Waals surface area contributed by atoms with Crippen LogP contribution in [0.3, 0.4) is 0 Å². The number of furan rings is 1. The Morgan fingerprint density at radius 1 is 1.33 bits per heavy atom. The molecular formula is C17H19NO3. The fourth-order valence-electron chi connectivity index (χ4n) is 2.68. The maximum Gasteiger partial charge on any atom is 0.261 e. The summed E-state index contributed by atoms with van der Waals surface area (Å²) in [5, 5.41) is 3.06. The summed E-state index contributed by atoms with van der Waals surface area (Å²) >= 11 is 0. The molecule has 1 aliphatic rings. The number of carbonyl (C=O) groups excluding carboxylic acids is 1. The van der Waals surface area contributed by atoms with E-state index >= 15 is 0 Å². The molecule has 3 rings (SSSR count). The van der Waals surface area contributed by atoms with E-state index in [1.807, 2.05) is 36.4 Å². The van der Waals surface area contributed by atoms with E-state index in [9.17, 15) is 4.79 Å². The second kappa shape index (κ2) is 6.04. The summed E-state index contributed by atoms with van der Waals surface area (Å²) in [7, 11) is 0. The maximum atomic E-state index is 12.3. The molecule has 0 aliphatic heterocycles. The van der Waals surface area contributed by atoms with Crippen LogP contribution in [0.2, 0.25) is 0 Å². The monoisotopic (exact) mass is 285 g/mol. The Labute approximate surface area is 124 Å². The van der Waals surface area contributed by atoms with Gasteiger partial charge >= 0.3 is 0 Å². The zero-order valence-corrected chi connectivity index (χ0v) is 12.0. The molecular weight excluding hydrogens is 266 g/mol. The first-order chi connectivity index (χ1) is 10.2. The van der Waals surface area contributed by atoms with Gasteiger partial charge in [0.15, 0.2) is 6.10 Å². The second-order valence-electron chi connectivity index (χ2n) is 5.33. The number of carbonyl (C=O) groups is 1. The van der Waals surface area contributed by atoms with E-state index in [-0.39, 0.29) is 11.9 Å². The largest absolute Gasteiger partial charge is 0.481 e. The maximum absolute atomic E-state index is 12.3. The van der Waals surface area contributed by atoms with Gasteiger partial charge in [0.05, 0.1) is 12.3 Å². The van der Waals surface area contributed by atoms with E-state index < -0.39 is 6.10 Å². The molecule has 4 heteroatoms. The number of hydrogen-bond acceptors (Lipinski definition) is 3. The van der Waals surface area contributed by atoms with Crippen LogP contribution in [0, 0.1) is 0 Å². The zero-order chi connectivity index (χ0) is 14.7. The number of fused-ring (bicyclic) bond motifs is 1.